The van der Waals surface area contributed by atoms with Crippen LogP contribution in [-0.4, -0.2) is 0 Å². The van der Waals surface area contributed by atoms with Gasteiger partial charge in [-0.2, -0.15) is 0 Å². The number of nitrogens with zero attached hydrogens (tertiary/aromatic N) is 1. The molecule has 0 saturated heterocycles. The van der Waals surface area contributed by atoms with Crippen LogP contribution in [0.25, 0.3) is 0 Å². The lowest BCUT2D eigenvalue weighted by atomic mass is 10.0. The Kier molecular flexibility index (Phi) is 7.24. The minimum absolute atomic E-state index is 0.955. The van der Waals surface area contributed by atoms with Crippen LogP contribution in [0, 0.1) is 6.92 Å². The van der Waals surface area contributed by atoms with Gasteiger partial charge in [0.1, 0.15) is 0 Å². The van der Waals surface area contributed by atoms with Crippen LogP contribution >= 0.6 is 0 Å². The Morgan fingerprint density at radius 1 is 0.483 bits per heavy atom. The van der Waals surface area contributed by atoms with Crippen molar-refractivity contribution in [1.29, 1.82) is 0 Å². The fourth-order valence-electron chi connectivity index (χ4n) is 3.31. The highest BCUT2D eigenvalue weighted by Crippen LogP contribution is 2.34. The summed E-state index contributed by atoms with van der Waals surface area (Å²) in [7, 11) is 0. The smallest absolute Gasteiger partial charge is 0.0461 e. The molecular formula is C28H29N. The van der Waals surface area contributed by atoms with Crippen molar-refractivity contribution in [3.8, 4) is 0 Å². The first-order valence-electron chi connectivity index (χ1n) is 10.3. The molecule has 0 N–H and O–H groups in total. The molecule has 0 aliphatic rings. The predicted molar refractivity (Wildman–Crippen MR) is 126 cm³/mol. The summed E-state index contributed by atoms with van der Waals surface area (Å²) < 4.78 is 0. The van der Waals surface area contributed by atoms with Gasteiger partial charge in [-0.1, -0.05) is 92.2 Å². The van der Waals surface area contributed by atoms with Crippen molar-refractivity contribution in [2.24, 2.45) is 0 Å². The Balaban J connectivity index is 0.00000117. The summed E-state index contributed by atoms with van der Waals surface area (Å²) in [6.07, 6.45) is 0.955. The lowest BCUT2D eigenvalue weighted by molar-refractivity contribution is 1.18. The molecule has 0 bridgehead atoms. The average Bonchev–Trinajstić information content (AvgIpc) is 2.79. The van der Waals surface area contributed by atoms with Gasteiger partial charge < -0.3 is 4.90 Å². The van der Waals surface area contributed by atoms with E-state index in [4.69, 9.17) is 0 Å². The Morgan fingerprint density at radius 3 is 1.45 bits per heavy atom. The van der Waals surface area contributed by atoms with Crippen molar-refractivity contribution in [2.75, 3.05) is 4.90 Å². The molecule has 0 saturated carbocycles. The summed E-state index contributed by atoms with van der Waals surface area (Å²) in [5.41, 5.74) is 7.43. The molecule has 0 amide bonds. The maximum absolute atomic E-state index is 2.30. The van der Waals surface area contributed by atoms with Gasteiger partial charge in [-0.3, -0.25) is 0 Å². The molecule has 0 aromatic heterocycles. The van der Waals surface area contributed by atoms with Crippen LogP contribution in [0.5, 0.6) is 0 Å². The van der Waals surface area contributed by atoms with Gasteiger partial charge in [0.2, 0.25) is 0 Å². The molecule has 4 aromatic carbocycles. The van der Waals surface area contributed by atoms with Gasteiger partial charge in [-0.15, -0.1) is 0 Å². The van der Waals surface area contributed by atoms with Crippen molar-refractivity contribution in [3.63, 3.8) is 0 Å². The molecule has 0 aliphatic carbocycles. The highest BCUT2D eigenvalue weighted by Gasteiger charge is 2.11. The molecular weight excluding hydrogens is 350 g/mol. The van der Waals surface area contributed by atoms with Crippen LogP contribution in [0.4, 0.5) is 17.1 Å². The number of para-hydroxylation sites is 1. The van der Waals surface area contributed by atoms with Crippen LogP contribution in [0.15, 0.2) is 109 Å². The molecule has 0 unspecified atom stereocenters. The fraction of sp³-hybridized carbons (Fsp3) is 0.143. The highest BCUT2D eigenvalue weighted by molar-refractivity contribution is 5.76. The predicted octanol–water partition coefficient (Wildman–Crippen LogP) is 8.08. The molecule has 1 nitrogen and oxygen atoms in total. The van der Waals surface area contributed by atoms with E-state index in [1.54, 1.807) is 0 Å². The van der Waals surface area contributed by atoms with E-state index >= 15 is 0 Å². The lowest BCUT2D eigenvalue weighted by Gasteiger charge is -2.25. The van der Waals surface area contributed by atoms with Gasteiger partial charge in [-0.25, -0.2) is 0 Å². The summed E-state index contributed by atoms with van der Waals surface area (Å²) >= 11 is 0. The standard InChI is InChI=1S/C26H23N.C2H6/c1-21-12-16-25(17-13-21)27(24-10-6-3-7-11-24)26-18-14-23(15-19-26)20-22-8-4-2-5-9-22;1-2/h2-19H,20H2,1H3;1-2H3. The summed E-state index contributed by atoms with van der Waals surface area (Å²) in [4.78, 5) is 2.30. The van der Waals surface area contributed by atoms with E-state index < -0.39 is 0 Å². The molecule has 0 aliphatic heterocycles. The first-order valence-corrected chi connectivity index (χ1v) is 10.3. The normalized spacial score (nSPS) is 10.0. The zero-order valence-corrected chi connectivity index (χ0v) is 17.5. The Bertz CT molecular complexity index is 972. The van der Waals surface area contributed by atoms with E-state index in [2.05, 4.69) is 121 Å². The third-order valence-electron chi connectivity index (χ3n) is 4.75. The van der Waals surface area contributed by atoms with Gasteiger partial charge in [0, 0.05) is 17.1 Å². The van der Waals surface area contributed by atoms with Gasteiger partial charge in [0.05, 0.1) is 0 Å². The number of hydrogen-bond acceptors (Lipinski definition) is 1. The summed E-state index contributed by atoms with van der Waals surface area (Å²) in [6.45, 7) is 6.12. The van der Waals surface area contributed by atoms with Crippen LogP contribution < -0.4 is 4.90 Å². The second-order valence-corrected chi connectivity index (χ2v) is 6.84. The van der Waals surface area contributed by atoms with E-state index in [0.717, 1.165) is 12.1 Å². The third-order valence-corrected chi connectivity index (χ3v) is 4.75. The zero-order valence-electron chi connectivity index (χ0n) is 17.5. The lowest BCUT2D eigenvalue weighted by Crippen LogP contribution is -2.09. The van der Waals surface area contributed by atoms with E-state index in [0.29, 0.717) is 0 Å². The number of benzene rings is 4. The third kappa shape index (κ3) is 5.36. The summed E-state index contributed by atoms with van der Waals surface area (Å²) in [5, 5.41) is 0. The van der Waals surface area contributed by atoms with Gasteiger partial charge >= 0.3 is 0 Å². The first kappa shape index (κ1) is 20.4. The molecule has 0 atom stereocenters. The van der Waals surface area contributed by atoms with Crippen LogP contribution in [0.1, 0.15) is 30.5 Å². The van der Waals surface area contributed by atoms with Crippen LogP contribution in [0.3, 0.4) is 0 Å². The van der Waals surface area contributed by atoms with Crippen molar-refractivity contribution in [1.82, 2.24) is 0 Å². The van der Waals surface area contributed by atoms with E-state index in [9.17, 15) is 0 Å². The molecule has 4 rings (SSSR count). The molecule has 0 spiro atoms. The van der Waals surface area contributed by atoms with Crippen molar-refractivity contribution in [3.05, 3.63) is 126 Å². The summed E-state index contributed by atoms with van der Waals surface area (Å²) in [5.74, 6) is 0. The molecule has 146 valence electrons. The fourth-order valence-corrected chi connectivity index (χ4v) is 3.31. The number of rotatable bonds is 5. The monoisotopic (exact) mass is 379 g/mol. The number of anilines is 3. The maximum Gasteiger partial charge on any atom is 0.0461 e. The summed E-state index contributed by atoms with van der Waals surface area (Å²) in [6, 6.07) is 38.7. The van der Waals surface area contributed by atoms with Crippen LogP contribution in [0.2, 0.25) is 0 Å². The number of hydrogen-bond donors (Lipinski definition) is 0. The minimum atomic E-state index is 0.955. The second kappa shape index (κ2) is 10.3. The SMILES string of the molecule is CC.Cc1ccc(N(c2ccccc2)c2ccc(Cc3ccccc3)cc2)cc1. The molecule has 0 radical (unpaired) electrons. The van der Waals surface area contributed by atoms with E-state index in [1.165, 1.54) is 28.1 Å². The first-order chi connectivity index (χ1) is 14.3. The van der Waals surface area contributed by atoms with E-state index in [-0.39, 0.29) is 0 Å². The number of aryl methyl sites for hydroxylation is 1. The largest absolute Gasteiger partial charge is 0.311 e. The molecule has 4 aromatic rings. The Morgan fingerprint density at radius 2 is 0.897 bits per heavy atom. The van der Waals surface area contributed by atoms with Crippen molar-refractivity contribution >= 4 is 17.1 Å². The Labute approximate surface area is 175 Å². The zero-order chi connectivity index (χ0) is 20.5. The average molecular weight is 380 g/mol. The van der Waals surface area contributed by atoms with Gasteiger partial charge in [0.25, 0.3) is 0 Å². The van der Waals surface area contributed by atoms with E-state index in [1.807, 2.05) is 13.8 Å². The quantitative estimate of drug-likeness (QED) is 0.339. The molecule has 1 heteroatoms. The minimum Gasteiger partial charge on any atom is -0.311 e. The molecule has 0 fully saturated rings. The highest BCUT2D eigenvalue weighted by atomic mass is 15.1. The molecule has 29 heavy (non-hydrogen) atoms. The topological polar surface area (TPSA) is 3.24 Å². The Hall–Kier alpha value is -3.32. The van der Waals surface area contributed by atoms with Crippen molar-refractivity contribution in [2.45, 2.75) is 27.2 Å². The maximum atomic E-state index is 2.30. The van der Waals surface area contributed by atoms with Gasteiger partial charge in [-0.05, 0) is 60.9 Å². The van der Waals surface area contributed by atoms with Gasteiger partial charge in [0.15, 0.2) is 0 Å². The molecule has 0 heterocycles. The second-order valence-electron chi connectivity index (χ2n) is 6.84. The van der Waals surface area contributed by atoms with Crippen molar-refractivity contribution < 1.29 is 0 Å². The van der Waals surface area contributed by atoms with Crippen LogP contribution in [-0.2, 0) is 6.42 Å².